The number of carbonyl (C=O) groups excluding carboxylic acids is 3. The van der Waals surface area contributed by atoms with Crippen molar-refractivity contribution < 1.29 is 19.1 Å². The summed E-state index contributed by atoms with van der Waals surface area (Å²) in [5, 5.41) is 0. The smallest absolute Gasteiger partial charge is 0.313 e. The summed E-state index contributed by atoms with van der Waals surface area (Å²) in [5.74, 6) is -0.854. The van der Waals surface area contributed by atoms with E-state index < -0.39 is 5.97 Å². The third-order valence-electron chi connectivity index (χ3n) is 2.38. The Kier molecular flexibility index (Phi) is 4.57. The fourth-order valence-corrected chi connectivity index (χ4v) is 1.35. The van der Waals surface area contributed by atoms with Gasteiger partial charge in [-0.25, -0.2) is 0 Å². The van der Waals surface area contributed by atoms with Crippen molar-refractivity contribution in [3.05, 3.63) is 35.4 Å². The van der Waals surface area contributed by atoms with Crippen LogP contribution < -0.4 is 0 Å². The van der Waals surface area contributed by atoms with Gasteiger partial charge in [-0.3, -0.25) is 14.4 Å². The molecule has 0 aromatic heterocycles. The van der Waals surface area contributed by atoms with Crippen LogP contribution in [0.1, 0.15) is 40.5 Å². The molecule has 0 radical (unpaired) electrons. The maximum absolute atomic E-state index is 11.6. The van der Waals surface area contributed by atoms with Gasteiger partial charge in [-0.1, -0.05) is 31.2 Å². The van der Waals surface area contributed by atoms with E-state index in [1.54, 1.807) is 31.2 Å². The predicted octanol–water partition coefficient (Wildman–Crippen LogP) is 2.03. The molecule has 90 valence electrons. The number of Topliss-reactive ketones (excluding diaryl/α,β-unsaturated/α-hetero) is 2. The second kappa shape index (κ2) is 5.94. The van der Waals surface area contributed by atoms with Crippen molar-refractivity contribution in [3.63, 3.8) is 0 Å². The topological polar surface area (TPSA) is 60.4 Å². The van der Waals surface area contributed by atoms with Crippen LogP contribution in [0.4, 0.5) is 0 Å². The van der Waals surface area contributed by atoms with Crippen molar-refractivity contribution >= 4 is 17.5 Å². The van der Waals surface area contributed by atoms with Crippen molar-refractivity contribution in [2.24, 2.45) is 0 Å². The van der Waals surface area contributed by atoms with Crippen molar-refractivity contribution in [1.82, 2.24) is 0 Å². The average molecular weight is 234 g/mol. The van der Waals surface area contributed by atoms with Gasteiger partial charge in [0.05, 0.1) is 7.11 Å². The number of ether oxygens (including phenoxy) is 1. The van der Waals surface area contributed by atoms with Crippen LogP contribution >= 0.6 is 0 Å². The van der Waals surface area contributed by atoms with Gasteiger partial charge in [0, 0.05) is 17.5 Å². The summed E-state index contributed by atoms with van der Waals surface area (Å²) in [5.41, 5.74) is 0.977. The number of hydrogen-bond donors (Lipinski definition) is 0. The molecule has 0 aliphatic carbocycles. The first kappa shape index (κ1) is 13.1. The second-order valence-electron chi connectivity index (χ2n) is 3.53. The lowest BCUT2D eigenvalue weighted by Gasteiger charge is -2.01. The molecule has 0 spiro atoms. The van der Waals surface area contributed by atoms with Crippen molar-refractivity contribution in [3.8, 4) is 0 Å². The van der Waals surface area contributed by atoms with Crippen LogP contribution in [-0.2, 0) is 9.53 Å². The Balaban J connectivity index is 2.77. The zero-order valence-corrected chi connectivity index (χ0v) is 9.86. The maximum atomic E-state index is 11.6. The van der Waals surface area contributed by atoms with Gasteiger partial charge in [-0.05, 0) is 0 Å². The van der Waals surface area contributed by atoms with E-state index >= 15 is 0 Å². The second-order valence-corrected chi connectivity index (χ2v) is 3.53. The standard InChI is InChI=1S/C13H14O4/c1-3-11(14)9-4-6-10(7-5-9)12(15)8-13(16)17-2/h4-7H,3,8H2,1-2H3. The van der Waals surface area contributed by atoms with Gasteiger partial charge in [-0.15, -0.1) is 0 Å². The van der Waals surface area contributed by atoms with Gasteiger partial charge in [0.15, 0.2) is 11.6 Å². The summed E-state index contributed by atoms with van der Waals surface area (Å²) < 4.78 is 4.41. The number of ketones is 2. The predicted molar refractivity (Wildman–Crippen MR) is 62.0 cm³/mol. The minimum absolute atomic E-state index is 0.0250. The highest BCUT2D eigenvalue weighted by atomic mass is 16.5. The van der Waals surface area contributed by atoms with Crippen molar-refractivity contribution in [2.45, 2.75) is 19.8 Å². The number of rotatable bonds is 5. The van der Waals surface area contributed by atoms with Crippen LogP contribution in [0.2, 0.25) is 0 Å². The van der Waals surface area contributed by atoms with E-state index in [2.05, 4.69) is 4.74 Å². The highest BCUT2D eigenvalue weighted by Gasteiger charge is 2.12. The molecule has 0 amide bonds. The minimum Gasteiger partial charge on any atom is -0.469 e. The largest absolute Gasteiger partial charge is 0.469 e. The van der Waals surface area contributed by atoms with Crippen molar-refractivity contribution in [1.29, 1.82) is 0 Å². The Labute approximate surface area is 99.6 Å². The monoisotopic (exact) mass is 234 g/mol. The van der Waals surface area contributed by atoms with E-state index in [4.69, 9.17) is 0 Å². The van der Waals surface area contributed by atoms with Crippen LogP contribution in [0.3, 0.4) is 0 Å². The van der Waals surface area contributed by atoms with E-state index in [0.29, 0.717) is 17.5 Å². The molecule has 0 unspecified atom stereocenters. The molecular weight excluding hydrogens is 220 g/mol. The molecule has 1 rings (SSSR count). The Bertz CT molecular complexity index is 431. The third kappa shape index (κ3) is 3.52. The highest BCUT2D eigenvalue weighted by Crippen LogP contribution is 2.09. The lowest BCUT2D eigenvalue weighted by atomic mass is 10.0. The molecule has 1 aromatic carbocycles. The molecule has 17 heavy (non-hydrogen) atoms. The molecule has 0 bridgehead atoms. The van der Waals surface area contributed by atoms with Gasteiger partial charge >= 0.3 is 5.97 Å². The highest BCUT2D eigenvalue weighted by molar-refractivity contribution is 6.06. The number of methoxy groups -OCH3 is 1. The van der Waals surface area contributed by atoms with Gasteiger partial charge in [0.2, 0.25) is 0 Å². The molecule has 1 aromatic rings. The lowest BCUT2D eigenvalue weighted by Crippen LogP contribution is -2.09. The molecule has 0 fully saturated rings. The third-order valence-corrected chi connectivity index (χ3v) is 2.38. The van der Waals surface area contributed by atoms with Crippen LogP contribution in [0.15, 0.2) is 24.3 Å². The van der Waals surface area contributed by atoms with Crippen LogP contribution in [-0.4, -0.2) is 24.6 Å². The number of esters is 1. The number of carbonyl (C=O) groups is 3. The van der Waals surface area contributed by atoms with Crippen LogP contribution in [0.5, 0.6) is 0 Å². The molecule has 0 aliphatic heterocycles. The molecule has 0 aliphatic rings. The summed E-state index contributed by atoms with van der Waals surface area (Å²) >= 11 is 0. The summed E-state index contributed by atoms with van der Waals surface area (Å²) in [6.07, 6.45) is 0.146. The van der Waals surface area contributed by atoms with E-state index in [1.807, 2.05) is 0 Å². The molecular formula is C13H14O4. The summed E-state index contributed by atoms with van der Waals surface area (Å²) in [7, 11) is 1.23. The Morgan fingerprint density at radius 3 is 1.88 bits per heavy atom. The zero-order chi connectivity index (χ0) is 12.8. The van der Waals surface area contributed by atoms with E-state index in [9.17, 15) is 14.4 Å². The molecule has 0 saturated carbocycles. The van der Waals surface area contributed by atoms with E-state index in [1.165, 1.54) is 7.11 Å². The molecule has 0 atom stereocenters. The van der Waals surface area contributed by atoms with Gasteiger partial charge in [0.25, 0.3) is 0 Å². The Hall–Kier alpha value is -1.97. The Morgan fingerprint density at radius 1 is 1.00 bits per heavy atom. The lowest BCUT2D eigenvalue weighted by molar-refractivity contribution is -0.139. The minimum atomic E-state index is -0.566. The zero-order valence-electron chi connectivity index (χ0n) is 9.86. The van der Waals surface area contributed by atoms with Crippen LogP contribution in [0, 0.1) is 0 Å². The number of benzene rings is 1. The molecule has 0 heterocycles. The fraction of sp³-hybridized carbons (Fsp3) is 0.308. The fourth-order valence-electron chi connectivity index (χ4n) is 1.35. The molecule has 4 heteroatoms. The normalized spacial score (nSPS) is 9.76. The molecule has 0 saturated heterocycles. The summed E-state index contributed by atoms with van der Waals surface area (Å²) in [4.78, 5) is 33.9. The summed E-state index contributed by atoms with van der Waals surface area (Å²) in [6.45, 7) is 1.78. The van der Waals surface area contributed by atoms with E-state index in [-0.39, 0.29) is 18.0 Å². The van der Waals surface area contributed by atoms with Crippen LogP contribution in [0.25, 0.3) is 0 Å². The molecule has 0 N–H and O–H groups in total. The SMILES string of the molecule is CCC(=O)c1ccc(C(=O)CC(=O)OC)cc1. The van der Waals surface area contributed by atoms with Crippen molar-refractivity contribution in [2.75, 3.05) is 7.11 Å². The van der Waals surface area contributed by atoms with Gasteiger partial charge in [-0.2, -0.15) is 0 Å². The summed E-state index contributed by atoms with van der Waals surface area (Å²) in [6, 6.07) is 6.29. The maximum Gasteiger partial charge on any atom is 0.313 e. The van der Waals surface area contributed by atoms with E-state index in [0.717, 1.165) is 0 Å². The number of hydrogen-bond acceptors (Lipinski definition) is 4. The first-order chi connectivity index (χ1) is 8.08. The van der Waals surface area contributed by atoms with Gasteiger partial charge in [0.1, 0.15) is 6.42 Å². The quantitative estimate of drug-likeness (QED) is 0.444. The molecule has 4 nitrogen and oxygen atoms in total. The van der Waals surface area contributed by atoms with Gasteiger partial charge < -0.3 is 4.74 Å². The average Bonchev–Trinajstić information content (AvgIpc) is 2.37. The Morgan fingerprint density at radius 2 is 1.47 bits per heavy atom. The first-order valence-electron chi connectivity index (χ1n) is 5.31. The first-order valence-corrected chi connectivity index (χ1v) is 5.31.